The molecule has 0 amide bonds. The molecule has 1 aromatic carbocycles. The highest BCUT2D eigenvalue weighted by Crippen LogP contribution is 2.15. The molecule has 0 saturated heterocycles. The Kier molecular flexibility index (Phi) is 3.95. The Balaban J connectivity index is 2.03. The summed E-state index contributed by atoms with van der Waals surface area (Å²) in [4.78, 5) is 8.24. The summed E-state index contributed by atoms with van der Waals surface area (Å²) in [6.45, 7) is 0.320. The molecule has 0 saturated carbocycles. The molecular formula is C11H8ClIN2O. The lowest BCUT2D eigenvalue weighted by atomic mass is 10.3. The molecule has 82 valence electrons. The molecule has 0 spiro atoms. The first kappa shape index (κ1) is 11.6. The largest absolute Gasteiger partial charge is 0.486 e. The van der Waals surface area contributed by atoms with Crippen LogP contribution in [0.3, 0.4) is 0 Å². The smallest absolute Gasteiger partial charge is 0.167 e. The summed E-state index contributed by atoms with van der Waals surface area (Å²) in [5.74, 6) is 1.37. The van der Waals surface area contributed by atoms with E-state index in [0.717, 1.165) is 9.32 Å². The second kappa shape index (κ2) is 5.45. The molecule has 16 heavy (non-hydrogen) atoms. The van der Waals surface area contributed by atoms with Crippen molar-refractivity contribution in [2.75, 3.05) is 0 Å². The van der Waals surface area contributed by atoms with E-state index in [1.165, 1.54) is 0 Å². The molecule has 0 aliphatic rings. The van der Waals surface area contributed by atoms with Crippen LogP contribution in [0.2, 0.25) is 5.15 Å². The Hall–Kier alpha value is -0.880. The van der Waals surface area contributed by atoms with Crippen LogP contribution in [0.25, 0.3) is 0 Å². The number of benzene rings is 1. The SMILES string of the molecule is Clc1nc(COc2ccccc2)ncc1I. The zero-order valence-corrected chi connectivity index (χ0v) is 11.1. The molecule has 0 aliphatic carbocycles. The van der Waals surface area contributed by atoms with E-state index in [-0.39, 0.29) is 0 Å². The van der Waals surface area contributed by atoms with Crippen molar-refractivity contribution < 1.29 is 4.74 Å². The van der Waals surface area contributed by atoms with Crippen molar-refractivity contribution in [2.24, 2.45) is 0 Å². The average Bonchev–Trinajstić information content (AvgIpc) is 2.32. The molecule has 1 aromatic heterocycles. The average molecular weight is 347 g/mol. The zero-order valence-electron chi connectivity index (χ0n) is 8.23. The van der Waals surface area contributed by atoms with Gasteiger partial charge in [0.2, 0.25) is 0 Å². The van der Waals surface area contributed by atoms with E-state index < -0.39 is 0 Å². The predicted molar refractivity (Wildman–Crippen MR) is 70.5 cm³/mol. The third kappa shape index (κ3) is 3.05. The highest BCUT2D eigenvalue weighted by atomic mass is 127. The topological polar surface area (TPSA) is 35.0 Å². The van der Waals surface area contributed by atoms with Gasteiger partial charge in [0.1, 0.15) is 17.5 Å². The fourth-order valence-electron chi connectivity index (χ4n) is 1.11. The van der Waals surface area contributed by atoms with Gasteiger partial charge in [0.05, 0.1) is 3.57 Å². The van der Waals surface area contributed by atoms with Gasteiger partial charge in [-0.05, 0) is 34.7 Å². The highest BCUT2D eigenvalue weighted by Gasteiger charge is 2.03. The molecular weight excluding hydrogens is 338 g/mol. The van der Waals surface area contributed by atoms with Gasteiger partial charge in [0.15, 0.2) is 5.82 Å². The van der Waals surface area contributed by atoms with Crippen LogP contribution < -0.4 is 4.74 Å². The van der Waals surface area contributed by atoms with Gasteiger partial charge in [-0.3, -0.25) is 0 Å². The highest BCUT2D eigenvalue weighted by molar-refractivity contribution is 14.1. The molecule has 3 nitrogen and oxygen atoms in total. The second-order valence-electron chi connectivity index (χ2n) is 3.03. The summed E-state index contributed by atoms with van der Waals surface area (Å²) >= 11 is 7.96. The van der Waals surface area contributed by atoms with Crippen LogP contribution in [0.1, 0.15) is 5.82 Å². The van der Waals surface area contributed by atoms with Crippen molar-refractivity contribution in [1.82, 2.24) is 9.97 Å². The summed E-state index contributed by atoms with van der Waals surface area (Å²) in [5, 5.41) is 0.460. The van der Waals surface area contributed by atoms with Crippen LogP contribution in [0.4, 0.5) is 0 Å². The summed E-state index contributed by atoms with van der Waals surface area (Å²) < 4.78 is 6.34. The Labute approximate surface area is 112 Å². The Morgan fingerprint density at radius 1 is 1.25 bits per heavy atom. The minimum absolute atomic E-state index is 0.320. The number of halogens is 2. The fourth-order valence-corrected chi connectivity index (χ4v) is 1.52. The molecule has 1 heterocycles. The first-order valence-corrected chi connectivity index (χ1v) is 6.06. The number of hydrogen-bond acceptors (Lipinski definition) is 3. The minimum Gasteiger partial charge on any atom is -0.486 e. The third-order valence-corrected chi connectivity index (χ3v) is 3.26. The summed E-state index contributed by atoms with van der Waals surface area (Å²) in [7, 11) is 0. The van der Waals surface area contributed by atoms with Crippen LogP contribution in [-0.2, 0) is 6.61 Å². The summed E-state index contributed by atoms with van der Waals surface area (Å²) in [5.41, 5.74) is 0. The Morgan fingerprint density at radius 3 is 2.69 bits per heavy atom. The number of rotatable bonds is 3. The third-order valence-electron chi connectivity index (χ3n) is 1.86. The van der Waals surface area contributed by atoms with Crippen molar-refractivity contribution in [2.45, 2.75) is 6.61 Å². The molecule has 0 aliphatic heterocycles. The zero-order chi connectivity index (χ0) is 11.4. The maximum atomic E-state index is 5.88. The number of ether oxygens (including phenoxy) is 1. The van der Waals surface area contributed by atoms with Crippen molar-refractivity contribution >= 4 is 34.2 Å². The molecule has 0 unspecified atom stereocenters. The van der Waals surface area contributed by atoms with Crippen LogP contribution in [0.5, 0.6) is 5.75 Å². The number of nitrogens with zero attached hydrogens (tertiary/aromatic N) is 2. The van der Waals surface area contributed by atoms with E-state index >= 15 is 0 Å². The molecule has 0 atom stereocenters. The summed E-state index contributed by atoms with van der Waals surface area (Å²) in [6, 6.07) is 9.53. The monoisotopic (exact) mass is 346 g/mol. The molecule has 2 rings (SSSR count). The lowest BCUT2D eigenvalue weighted by Crippen LogP contribution is -2.02. The molecule has 0 bridgehead atoms. The molecule has 5 heteroatoms. The van der Waals surface area contributed by atoms with E-state index in [0.29, 0.717) is 17.6 Å². The Bertz CT molecular complexity index is 479. The lowest BCUT2D eigenvalue weighted by Gasteiger charge is -2.05. The predicted octanol–water partition coefficient (Wildman–Crippen LogP) is 3.31. The van der Waals surface area contributed by atoms with E-state index in [9.17, 15) is 0 Å². The quantitative estimate of drug-likeness (QED) is 0.632. The lowest BCUT2D eigenvalue weighted by molar-refractivity contribution is 0.295. The number of para-hydroxylation sites is 1. The normalized spacial score (nSPS) is 10.1. The van der Waals surface area contributed by atoms with Crippen LogP contribution >= 0.6 is 34.2 Å². The molecule has 0 fully saturated rings. The van der Waals surface area contributed by atoms with E-state index in [4.69, 9.17) is 16.3 Å². The van der Waals surface area contributed by atoms with Crippen molar-refractivity contribution in [1.29, 1.82) is 0 Å². The van der Waals surface area contributed by atoms with E-state index in [2.05, 4.69) is 32.6 Å². The van der Waals surface area contributed by atoms with E-state index in [1.54, 1.807) is 6.20 Å². The molecule has 0 radical (unpaired) electrons. The van der Waals surface area contributed by atoms with Crippen molar-refractivity contribution in [3.05, 3.63) is 51.1 Å². The Morgan fingerprint density at radius 2 is 2.00 bits per heavy atom. The van der Waals surface area contributed by atoms with Gasteiger partial charge < -0.3 is 4.74 Å². The second-order valence-corrected chi connectivity index (χ2v) is 4.55. The standard InChI is InChI=1S/C11H8ClIN2O/c12-11-9(13)6-14-10(15-11)7-16-8-4-2-1-3-5-8/h1-6H,7H2. The van der Waals surface area contributed by atoms with Crippen molar-refractivity contribution in [3.8, 4) is 5.75 Å². The van der Waals surface area contributed by atoms with Gasteiger partial charge in [-0.2, -0.15) is 0 Å². The summed E-state index contributed by atoms with van der Waals surface area (Å²) in [6.07, 6.45) is 1.68. The first-order valence-electron chi connectivity index (χ1n) is 4.60. The number of hydrogen-bond donors (Lipinski definition) is 0. The van der Waals surface area contributed by atoms with Gasteiger partial charge in [0.25, 0.3) is 0 Å². The maximum absolute atomic E-state index is 5.88. The minimum atomic E-state index is 0.320. The van der Waals surface area contributed by atoms with Crippen LogP contribution in [0.15, 0.2) is 36.5 Å². The molecule has 0 N–H and O–H groups in total. The fraction of sp³-hybridized carbons (Fsp3) is 0.0909. The van der Waals surface area contributed by atoms with E-state index in [1.807, 2.05) is 30.3 Å². The van der Waals surface area contributed by atoms with Gasteiger partial charge in [-0.1, -0.05) is 29.8 Å². The maximum Gasteiger partial charge on any atom is 0.167 e. The van der Waals surface area contributed by atoms with Gasteiger partial charge >= 0.3 is 0 Å². The number of aromatic nitrogens is 2. The van der Waals surface area contributed by atoms with Gasteiger partial charge in [-0.25, -0.2) is 9.97 Å². The van der Waals surface area contributed by atoms with Crippen LogP contribution in [-0.4, -0.2) is 9.97 Å². The van der Waals surface area contributed by atoms with Crippen LogP contribution in [0, 0.1) is 3.57 Å². The first-order chi connectivity index (χ1) is 7.75. The van der Waals surface area contributed by atoms with Gasteiger partial charge in [0, 0.05) is 6.20 Å². The van der Waals surface area contributed by atoms with Crippen molar-refractivity contribution in [3.63, 3.8) is 0 Å². The van der Waals surface area contributed by atoms with Gasteiger partial charge in [-0.15, -0.1) is 0 Å². The molecule has 2 aromatic rings.